The predicted octanol–water partition coefficient (Wildman–Crippen LogP) is 4.64. The highest BCUT2D eigenvalue weighted by Gasteiger charge is 2.23. The highest BCUT2D eigenvalue weighted by atomic mass is 16.2. The molecule has 2 aromatic carbocycles. The van der Waals surface area contributed by atoms with E-state index in [9.17, 15) is 4.79 Å². The molecule has 1 aliphatic heterocycles. The molecule has 0 atom stereocenters. The molecule has 0 aliphatic carbocycles. The number of hydrogen-bond acceptors (Lipinski definition) is 4. The van der Waals surface area contributed by atoms with Crippen LogP contribution in [0, 0.1) is 11.3 Å². The molecule has 0 radical (unpaired) electrons. The Morgan fingerprint density at radius 2 is 2.06 bits per heavy atom. The molecule has 5 rings (SSSR count). The molecule has 7 heteroatoms. The number of nitrogens with zero attached hydrogens (tertiary/aromatic N) is 3. The Balaban J connectivity index is 1.40. The number of urea groups is 1. The van der Waals surface area contributed by atoms with Crippen molar-refractivity contribution in [1.29, 1.82) is 5.26 Å². The second-order valence-electron chi connectivity index (χ2n) is 7.18. The summed E-state index contributed by atoms with van der Waals surface area (Å²) >= 11 is 0. The van der Waals surface area contributed by atoms with Gasteiger partial charge >= 0.3 is 6.03 Å². The minimum Gasteiger partial charge on any atom is -0.367 e. The van der Waals surface area contributed by atoms with Crippen LogP contribution >= 0.6 is 0 Å². The van der Waals surface area contributed by atoms with Gasteiger partial charge in [-0.25, -0.2) is 9.78 Å². The number of nitrogens with one attached hydrogen (secondary N) is 3. The molecule has 0 saturated heterocycles. The van der Waals surface area contributed by atoms with Gasteiger partial charge in [0, 0.05) is 53.4 Å². The van der Waals surface area contributed by atoms with Crippen LogP contribution in [0.15, 0.2) is 67.0 Å². The number of rotatable bonds is 4. The van der Waals surface area contributed by atoms with E-state index in [-0.39, 0.29) is 0 Å². The minimum absolute atomic E-state index is 0.405. The Kier molecular flexibility index (Phi) is 4.17. The average Bonchev–Trinajstić information content (AvgIpc) is 3.47. The molecule has 7 nitrogen and oxygen atoms in total. The van der Waals surface area contributed by atoms with Crippen molar-refractivity contribution in [3.05, 3.63) is 83.7 Å². The second-order valence-corrected chi connectivity index (χ2v) is 7.18. The summed E-state index contributed by atoms with van der Waals surface area (Å²) in [5.74, 6) is 0. The third kappa shape index (κ3) is 3.67. The number of aromatic nitrogens is 2. The van der Waals surface area contributed by atoms with Crippen LogP contribution in [-0.2, 0) is 12.9 Å². The van der Waals surface area contributed by atoms with Crippen molar-refractivity contribution in [3.63, 3.8) is 0 Å². The first-order valence-corrected chi connectivity index (χ1v) is 9.87. The van der Waals surface area contributed by atoms with Gasteiger partial charge in [0.2, 0.25) is 0 Å². The Hall–Kier alpha value is -4.31. The quantitative estimate of drug-likeness (QED) is 0.456. The van der Waals surface area contributed by atoms with Crippen LogP contribution in [0.5, 0.6) is 0 Å². The summed E-state index contributed by atoms with van der Waals surface area (Å²) in [6.45, 7) is -1.29. The number of anilines is 3. The summed E-state index contributed by atoms with van der Waals surface area (Å²) in [5, 5.41) is 15.3. The molecule has 31 heavy (non-hydrogen) atoms. The van der Waals surface area contributed by atoms with E-state index in [1.807, 2.05) is 30.3 Å². The zero-order valence-electron chi connectivity index (χ0n) is 18.5. The van der Waals surface area contributed by atoms with E-state index in [0.29, 0.717) is 41.1 Å². The predicted molar refractivity (Wildman–Crippen MR) is 121 cm³/mol. The number of pyridine rings is 1. The van der Waals surface area contributed by atoms with Gasteiger partial charge in [-0.1, -0.05) is 6.07 Å². The van der Waals surface area contributed by atoms with E-state index in [4.69, 9.17) is 8.00 Å². The first-order valence-electron chi connectivity index (χ1n) is 10.9. The van der Waals surface area contributed by atoms with Gasteiger partial charge < -0.3 is 20.5 Å². The van der Waals surface area contributed by atoms with Gasteiger partial charge in [0.15, 0.2) is 0 Å². The molecule has 4 aromatic rings. The van der Waals surface area contributed by atoms with Crippen LogP contribution in [0.1, 0.15) is 19.4 Å². The maximum absolute atomic E-state index is 12.6. The van der Waals surface area contributed by atoms with Crippen molar-refractivity contribution >= 4 is 34.1 Å². The number of H-pyrrole nitrogens is 1. The van der Waals surface area contributed by atoms with E-state index < -0.39 is 12.5 Å². The fourth-order valence-corrected chi connectivity index (χ4v) is 3.78. The van der Waals surface area contributed by atoms with E-state index in [0.717, 1.165) is 16.6 Å². The van der Waals surface area contributed by atoms with Gasteiger partial charge in [-0.15, -0.1) is 0 Å². The molecule has 0 unspecified atom stereocenters. The van der Waals surface area contributed by atoms with Crippen molar-refractivity contribution in [2.45, 2.75) is 12.9 Å². The molecule has 3 N–H and O–H groups in total. The van der Waals surface area contributed by atoms with Crippen molar-refractivity contribution in [2.24, 2.45) is 0 Å². The standard InChI is InChI=1S/C24H20N6O/c25-14-16-4-6-18(7-5-16)28-24(31)29-21-2-1-3-22-20(21)10-13-30(22)15-17-8-11-26-23-19(17)9-12-27-23/h1-9,11-12H,10,13,15H2,(H,26,27)(H2,28,29,31)/i15D2. The van der Waals surface area contributed by atoms with Gasteiger partial charge in [0.1, 0.15) is 5.65 Å². The zero-order valence-corrected chi connectivity index (χ0v) is 16.5. The number of aromatic amines is 1. The summed E-state index contributed by atoms with van der Waals surface area (Å²) in [7, 11) is 0. The van der Waals surface area contributed by atoms with Gasteiger partial charge in [-0.3, -0.25) is 0 Å². The molecule has 152 valence electrons. The lowest BCUT2D eigenvalue weighted by atomic mass is 10.1. The van der Waals surface area contributed by atoms with Crippen LogP contribution < -0.4 is 15.5 Å². The SMILES string of the molecule is [2H]C([2H])(c1ccnc2[nH]ccc12)N1CCc2c(NC(=O)Nc3ccc(C#N)cc3)cccc21. The molecule has 2 amide bonds. The van der Waals surface area contributed by atoms with Crippen LogP contribution in [0.25, 0.3) is 11.0 Å². The maximum atomic E-state index is 12.6. The largest absolute Gasteiger partial charge is 0.367 e. The number of carbonyl (C=O) groups is 1. The Bertz CT molecular complexity index is 1390. The molecule has 0 fully saturated rings. The Morgan fingerprint density at radius 1 is 1.19 bits per heavy atom. The van der Waals surface area contributed by atoms with Crippen LogP contribution in [-0.4, -0.2) is 22.5 Å². The fourth-order valence-electron chi connectivity index (χ4n) is 3.78. The van der Waals surface area contributed by atoms with E-state index in [1.54, 1.807) is 47.6 Å². The molecule has 0 bridgehead atoms. The lowest BCUT2D eigenvalue weighted by Gasteiger charge is -2.20. The van der Waals surface area contributed by atoms with Gasteiger partial charge in [-0.05, 0) is 60.5 Å². The molecule has 0 spiro atoms. The molecule has 0 saturated carbocycles. The number of amides is 2. The Morgan fingerprint density at radius 3 is 2.90 bits per heavy atom. The molecular weight excluding hydrogens is 388 g/mol. The molecule has 2 aromatic heterocycles. The number of fused-ring (bicyclic) bond motifs is 2. The first-order chi connectivity index (χ1) is 16.0. The highest BCUT2D eigenvalue weighted by Crippen LogP contribution is 2.35. The zero-order chi connectivity index (χ0) is 23.0. The molecule has 1 aliphatic rings. The monoisotopic (exact) mass is 410 g/mol. The van der Waals surface area contributed by atoms with Gasteiger partial charge in [0.05, 0.1) is 14.4 Å². The smallest absolute Gasteiger partial charge is 0.323 e. The molecule has 3 heterocycles. The van der Waals surface area contributed by atoms with Crippen LogP contribution in [0.3, 0.4) is 0 Å². The highest BCUT2D eigenvalue weighted by molar-refractivity contribution is 6.01. The Labute approximate surface area is 182 Å². The number of hydrogen-bond donors (Lipinski definition) is 3. The second kappa shape index (κ2) is 7.84. The maximum Gasteiger partial charge on any atom is 0.323 e. The summed E-state index contributed by atoms with van der Waals surface area (Å²) < 4.78 is 17.9. The van der Waals surface area contributed by atoms with Gasteiger partial charge in [-0.2, -0.15) is 5.26 Å². The van der Waals surface area contributed by atoms with E-state index in [2.05, 4.69) is 20.6 Å². The van der Waals surface area contributed by atoms with Crippen LogP contribution in [0.4, 0.5) is 21.9 Å². The van der Waals surface area contributed by atoms with Crippen molar-refractivity contribution in [2.75, 3.05) is 22.1 Å². The van der Waals surface area contributed by atoms with Crippen molar-refractivity contribution in [3.8, 4) is 6.07 Å². The number of benzene rings is 2. The summed E-state index contributed by atoms with van der Waals surface area (Å²) in [6.07, 6.45) is 3.96. The van der Waals surface area contributed by atoms with E-state index >= 15 is 0 Å². The summed E-state index contributed by atoms with van der Waals surface area (Å²) in [6, 6.07) is 17.3. The van der Waals surface area contributed by atoms with Gasteiger partial charge in [0.25, 0.3) is 0 Å². The van der Waals surface area contributed by atoms with Crippen molar-refractivity contribution < 1.29 is 7.54 Å². The minimum atomic E-state index is -1.77. The van der Waals surface area contributed by atoms with E-state index in [1.165, 1.54) is 0 Å². The topological polar surface area (TPSA) is 96.8 Å². The number of nitriles is 1. The lowest BCUT2D eigenvalue weighted by molar-refractivity contribution is 0.262. The van der Waals surface area contributed by atoms with Crippen molar-refractivity contribution in [1.82, 2.24) is 9.97 Å². The normalized spacial score (nSPS) is 13.8. The third-order valence-corrected chi connectivity index (χ3v) is 5.26. The molecular formula is C24H20N6O. The average molecular weight is 410 g/mol. The number of carbonyl (C=O) groups excluding carboxylic acids is 1. The van der Waals surface area contributed by atoms with Crippen LogP contribution in [0.2, 0.25) is 0 Å². The summed E-state index contributed by atoms with van der Waals surface area (Å²) in [4.78, 5) is 21.6. The lowest BCUT2D eigenvalue weighted by Crippen LogP contribution is -2.20. The summed E-state index contributed by atoms with van der Waals surface area (Å²) in [5.41, 5.74) is 4.54. The first kappa shape index (κ1) is 16.5. The fraction of sp³-hybridized carbons (Fsp3) is 0.125. The third-order valence-electron chi connectivity index (χ3n) is 5.26.